The second kappa shape index (κ2) is 7.94. The molecule has 1 saturated carbocycles. The van der Waals surface area contributed by atoms with Gasteiger partial charge in [-0.3, -0.25) is 19.7 Å². The number of hydrogen-bond donors (Lipinski definition) is 2. The Morgan fingerprint density at radius 1 is 1.10 bits per heavy atom. The minimum absolute atomic E-state index is 0.0912. The van der Waals surface area contributed by atoms with Gasteiger partial charge in [0.25, 0.3) is 17.5 Å². The van der Waals surface area contributed by atoms with Gasteiger partial charge in [0.05, 0.1) is 11.2 Å². The van der Waals surface area contributed by atoms with E-state index in [2.05, 4.69) is 10.6 Å². The molecule has 4 rings (SSSR count). The third-order valence-electron chi connectivity index (χ3n) is 5.24. The number of hydrogen-bond acceptors (Lipinski definition) is 6. The largest absolute Gasteiger partial charge is 0.459 e. The number of nitrogens with one attached hydrogen (secondary N) is 2. The number of nitro groups is 1. The van der Waals surface area contributed by atoms with Crippen LogP contribution in [0.4, 0.5) is 11.4 Å². The summed E-state index contributed by atoms with van der Waals surface area (Å²) in [6.07, 6.45) is 4.69. The van der Waals surface area contributed by atoms with Gasteiger partial charge >= 0.3 is 0 Å². The summed E-state index contributed by atoms with van der Waals surface area (Å²) in [4.78, 5) is 37.5. The quantitative estimate of drug-likeness (QED) is 0.571. The number of nitrogens with zero attached hydrogens (tertiary/aromatic N) is 2. The first-order valence-electron chi connectivity index (χ1n) is 9.70. The molecule has 1 aromatic carbocycles. The fourth-order valence-electron chi connectivity index (χ4n) is 3.45. The molecular formula is C20H22N4O5. The highest BCUT2D eigenvalue weighted by atomic mass is 16.6. The van der Waals surface area contributed by atoms with Gasteiger partial charge in [0.2, 0.25) is 0 Å². The summed E-state index contributed by atoms with van der Waals surface area (Å²) in [5.74, 6) is -0.198. The second-order valence-electron chi connectivity index (χ2n) is 7.42. The van der Waals surface area contributed by atoms with Crippen LogP contribution in [0, 0.1) is 10.1 Å². The number of benzene rings is 1. The van der Waals surface area contributed by atoms with Crippen LogP contribution in [0.15, 0.2) is 41.0 Å². The van der Waals surface area contributed by atoms with E-state index in [1.165, 1.54) is 12.3 Å². The van der Waals surface area contributed by atoms with Gasteiger partial charge in [0, 0.05) is 36.8 Å². The fourth-order valence-corrected chi connectivity index (χ4v) is 3.45. The predicted octanol–water partition coefficient (Wildman–Crippen LogP) is 2.80. The zero-order valence-corrected chi connectivity index (χ0v) is 15.8. The van der Waals surface area contributed by atoms with Crippen LogP contribution in [0.3, 0.4) is 0 Å². The Balaban J connectivity index is 1.35. The van der Waals surface area contributed by atoms with Crippen LogP contribution >= 0.6 is 0 Å². The Hall–Kier alpha value is -3.36. The number of carbonyl (C=O) groups excluding carboxylic acids is 2. The molecule has 2 heterocycles. The lowest BCUT2D eigenvalue weighted by molar-refractivity contribution is -0.384. The zero-order chi connectivity index (χ0) is 20.4. The maximum Gasteiger partial charge on any atom is 0.293 e. The predicted molar refractivity (Wildman–Crippen MR) is 105 cm³/mol. The summed E-state index contributed by atoms with van der Waals surface area (Å²) in [6, 6.07) is 8.00. The summed E-state index contributed by atoms with van der Waals surface area (Å²) in [5, 5.41) is 17.4. The normalized spacial score (nSPS) is 17.0. The summed E-state index contributed by atoms with van der Waals surface area (Å²) in [5.41, 5.74) is 0.606. The molecule has 0 atom stereocenters. The van der Waals surface area contributed by atoms with E-state index in [-0.39, 0.29) is 35.1 Å². The lowest BCUT2D eigenvalue weighted by Gasteiger charge is -2.31. The number of furan rings is 1. The van der Waals surface area contributed by atoms with Crippen LogP contribution in [0.1, 0.15) is 46.6 Å². The van der Waals surface area contributed by atoms with E-state index in [1.54, 1.807) is 29.2 Å². The van der Waals surface area contributed by atoms with Crippen LogP contribution in [0.5, 0.6) is 0 Å². The number of rotatable bonds is 6. The van der Waals surface area contributed by atoms with Crippen molar-refractivity contribution in [2.45, 2.75) is 37.8 Å². The van der Waals surface area contributed by atoms with E-state index >= 15 is 0 Å². The molecule has 9 heteroatoms. The second-order valence-corrected chi connectivity index (χ2v) is 7.42. The third-order valence-corrected chi connectivity index (χ3v) is 5.24. The molecule has 2 amide bonds. The average molecular weight is 398 g/mol. The maximum atomic E-state index is 12.6. The van der Waals surface area contributed by atoms with Crippen molar-refractivity contribution in [3.8, 4) is 0 Å². The summed E-state index contributed by atoms with van der Waals surface area (Å²) >= 11 is 0. The summed E-state index contributed by atoms with van der Waals surface area (Å²) < 4.78 is 5.14. The topological polar surface area (TPSA) is 118 Å². The highest BCUT2D eigenvalue weighted by Gasteiger charge is 2.28. The number of carbonyl (C=O) groups is 2. The van der Waals surface area contributed by atoms with Gasteiger partial charge in [-0.15, -0.1) is 0 Å². The van der Waals surface area contributed by atoms with Gasteiger partial charge in [-0.05, 0) is 49.9 Å². The highest BCUT2D eigenvalue weighted by Crippen LogP contribution is 2.31. The molecule has 0 unspecified atom stereocenters. The molecule has 1 aromatic heterocycles. The minimum atomic E-state index is -0.472. The van der Waals surface area contributed by atoms with Gasteiger partial charge in [-0.2, -0.15) is 0 Å². The van der Waals surface area contributed by atoms with Gasteiger partial charge in [-0.1, -0.05) is 0 Å². The van der Waals surface area contributed by atoms with Crippen LogP contribution in [0.25, 0.3) is 0 Å². The Morgan fingerprint density at radius 2 is 1.86 bits per heavy atom. The molecule has 152 valence electrons. The Morgan fingerprint density at radius 3 is 2.48 bits per heavy atom. The Labute approximate surface area is 167 Å². The molecule has 2 aromatic rings. The first-order valence-corrected chi connectivity index (χ1v) is 9.70. The lowest BCUT2D eigenvalue weighted by Crippen LogP contribution is -2.46. The van der Waals surface area contributed by atoms with E-state index in [4.69, 9.17) is 4.42 Å². The van der Waals surface area contributed by atoms with Crippen molar-refractivity contribution in [2.24, 2.45) is 0 Å². The van der Waals surface area contributed by atoms with Crippen molar-refractivity contribution in [1.29, 1.82) is 0 Å². The van der Waals surface area contributed by atoms with Gasteiger partial charge in [0.1, 0.15) is 5.69 Å². The van der Waals surface area contributed by atoms with Crippen LogP contribution < -0.4 is 10.6 Å². The van der Waals surface area contributed by atoms with Gasteiger partial charge in [0.15, 0.2) is 5.76 Å². The third kappa shape index (κ3) is 4.39. The molecule has 1 saturated heterocycles. The average Bonchev–Trinajstić information content (AvgIpc) is 3.37. The van der Waals surface area contributed by atoms with E-state index < -0.39 is 4.92 Å². The summed E-state index contributed by atoms with van der Waals surface area (Å²) in [7, 11) is 0. The number of likely N-dealkylation sites (tertiary alicyclic amines) is 1. The molecule has 0 bridgehead atoms. The SMILES string of the molecule is O=C(NC1CCN(C(=O)c2ccco2)CC1)c1ccc(NC2CC2)c([N+](=O)[O-])c1. The van der Waals surface area contributed by atoms with Gasteiger partial charge < -0.3 is 20.0 Å². The molecule has 2 fully saturated rings. The molecule has 9 nitrogen and oxygen atoms in total. The number of amides is 2. The molecule has 29 heavy (non-hydrogen) atoms. The molecule has 0 spiro atoms. The van der Waals surface area contributed by atoms with E-state index in [9.17, 15) is 19.7 Å². The molecule has 2 N–H and O–H groups in total. The van der Waals surface area contributed by atoms with Crippen molar-refractivity contribution in [2.75, 3.05) is 18.4 Å². The van der Waals surface area contributed by atoms with Gasteiger partial charge in [-0.25, -0.2) is 0 Å². The first kappa shape index (κ1) is 19.0. The number of nitro benzene ring substituents is 1. The van der Waals surface area contributed by atoms with Crippen LogP contribution in [-0.4, -0.2) is 46.8 Å². The van der Waals surface area contributed by atoms with Crippen molar-refractivity contribution < 1.29 is 18.9 Å². The lowest BCUT2D eigenvalue weighted by atomic mass is 10.0. The Bertz CT molecular complexity index is 915. The first-order chi connectivity index (χ1) is 14.0. The minimum Gasteiger partial charge on any atom is -0.459 e. The van der Waals surface area contributed by atoms with E-state index in [1.807, 2.05) is 0 Å². The van der Waals surface area contributed by atoms with Crippen molar-refractivity contribution in [3.05, 3.63) is 58.0 Å². The zero-order valence-electron chi connectivity index (χ0n) is 15.8. The van der Waals surface area contributed by atoms with Crippen LogP contribution in [0.2, 0.25) is 0 Å². The smallest absolute Gasteiger partial charge is 0.293 e. The Kier molecular flexibility index (Phi) is 5.20. The maximum absolute atomic E-state index is 12.6. The molecule has 1 aliphatic carbocycles. The van der Waals surface area contributed by atoms with Crippen molar-refractivity contribution in [3.63, 3.8) is 0 Å². The van der Waals surface area contributed by atoms with Crippen molar-refractivity contribution in [1.82, 2.24) is 10.2 Å². The standard InChI is InChI=1S/C20H22N4O5/c25-19(13-3-6-16(21-14-4-5-14)17(12-13)24(27)28)22-15-7-9-23(10-8-15)20(26)18-2-1-11-29-18/h1-3,6,11-12,14-15,21H,4-5,7-10H2,(H,22,25). The highest BCUT2D eigenvalue weighted by molar-refractivity contribution is 5.96. The van der Waals surface area contributed by atoms with Crippen molar-refractivity contribution >= 4 is 23.2 Å². The fraction of sp³-hybridized carbons (Fsp3) is 0.400. The summed E-state index contributed by atoms with van der Waals surface area (Å²) in [6.45, 7) is 1.02. The monoisotopic (exact) mass is 398 g/mol. The van der Waals surface area contributed by atoms with E-state index in [0.29, 0.717) is 37.4 Å². The van der Waals surface area contributed by atoms with Crippen LogP contribution in [-0.2, 0) is 0 Å². The number of piperidine rings is 1. The number of anilines is 1. The molecule has 0 radical (unpaired) electrons. The molecule has 2 aliphatic rings. The van der Waals surface area contributed by atoms with E-state index in [0.717, 1.165) is 12.8 Å². The molecule has 1 aliphatic heterocycles. The molecular weight excluding hydrogens is 376 g/mol.